The number of hydrogen-bond acceptors (Lipinski definition) is 2. The molecule has 0 spiro atoms. The second kappa shape index (κ2) is 7.20. The van der Waals surface area contributed by atoms with Gasteiger partial charge in [0.05, 0.1) is 5.56 Å². The van der Waals surface area contributed by atoms with Gasteiger partial charge in [-0.3, -0.25) is 4.90 Å². The third kappa shape index (κ3) is 3.76. The van der Waals surface area contributed by atoms with E-state index in [1.807, 2.05) is 6.07 Å². The topological polar surface area (TPSA) is 15.3 Å². The van der Waals surface area contributed by atoms with Crippen molar-refractivity contribution in [3.05, 3.63) is 35.4 Å². The maximum absolute atomic E-state index is 12.9. The maximum Gasteiger partial charge on any atom is 0.416 e. The first-order valence-electron chi connectivity index (χ1n) is 7.67. The molecule has 0 bridgehead atoms. The minimum absolute atomic E-state index is 0. The molecule has 2 fully saturated rings. The van der Waals surface area contributed by atoms with Gasteiger partial charge >= 0.3 is 6.18 Å². The molecular formula is C16H22ClF3N2. The van der Waals surface area contributed by atoms with Crippen molar-refractivity contribution in [3.63, 3.8) is 0 Å². The molecule has 2 nitrogen and oxygen atoms in total. The van der Waals surface area contributed by atoms with Gasteiger partial charge in [-0.2, -0.15) is 13.2 Å². The molecule has 0 radical (unpaired) electrons. The largest absolute Gasteiger partial charge is 0.416 e. The summed E-state index contributed by atoms with van der Waals surface area (Å²) < 4.78 is 38.8. The van der Waals surface area contributed by atoms with Crippen LogP contribution in [0.5, 0.6) is 0 Å². The van der Waals surface area contributed by atoms with Crippen molar-refractivity contribution < 1.29 is 13.2 Å². The second-order valence-corrected chi connectivity index (χ2v) is 6.05. The van der Waals surface area contributed by atoms with Gasteiger partial charge in [0, 0.05) is 32.2 Å². The summed E-state index contributed by atoms with van der Waals surface area (Å²) in [7, 11) is 0. The van der Waals surface area contributed by atoms with E-state index < -0.39 is 11.7 Å². The van der Waals surface area contributed by atoms with Crippen LogP contribution in [0.3, 0.4) is 0 Å². The number of benzene rings is 1. The third-order valence-electron chi connectivity index (χ3n) is 4.70. The summed E-state index contributed by atoms with van der Waals surface area (Å²) in [6.45, 7) is 3.67. The normalized spacial score (nSPS) is 21.8. The van der Waals surface area contributed by atoms with Gasteiger partial charge in [0.25, 0.3) is 0 Å². The van der Waals surface area contributed by atoms with E-state index in [2.05, 4.69) is 10.2 Å². The average Bonchev–Trinajstić information content (AvgIpc) is 2.43. The van der Waals surface area contributed by atoms with Gasteiger partial charge in [0.2, 0.25) is 0 Å². The predicted octanol–water partition coefficient (Wildman–Crippen LogP) is 3.87. The summed E-state index contributed by atoms with van der Waals surface area (Å²) in [6, 6.07) is 6.07. The second-order valence-electron chi connectivity index (χ2n) is 6.05. The smallest absolute Gasteiger partial charge is 0.314 e. The van der Waals surface area contributed by atoms with Gasteiger partial charge in [-0.05, 0) is 36.5 Å². The molecular weight excluding hydrogens is 313 g/mol. The lowest BCUT2D eigenvalue weighted by molar-refractivity contribution is -0.137. The molecule has 1 atom stereocenters. The number of halogens is 4. The monoisotopic (exact) mass is 334 g/mol. The van der Waals surface area contributed by atoms with Crippen molar-refractivity contribution in [1.82, 2.24) is 10.2 Å². The van der Waals surface area contributed by atoms with E-state index in [9.17, 15) is 13.2 Å². The van der Waals surface area contributed by atoms with Crippen molar-refractivity contribution >= 4 is 12.4 Å². The standard InChI is InChI=1S/C16H21F3N2.ClH/c17-16(18,19)14-6-2-5-13(11-14)15(12-3-1-4-12)21-9-7-20-8-10-21;/h2,5-6,11-12,15,20H,1,3-4,7-10H2;1H/t15-;/m0./s1. The summed E-state index contributed by atoms with van der Waals surface area (Å²) in [5.41, 5.74) is 0.302. The van der Waals surface area contributed by atoms with Gasteiger partial charge < -0.3 is 5.32 Å². The Bertz CT molecular complexity index is 483. The number of alkyl halides is 3. The molecule has 0 unspecified atom stereocenters. The van der Waals surface area contributed by atoms with Crippen LogP contribution >= 0.6 is 12.4 Å². The van der Waals surface area contributed by atoms with Crippen LogP contribution in [0.25, 0.3) is 0 Å². The summed E-state index contributed by atoms with van der Waals surface area (Å²) in [5.74, 6) is 0.506. The molecule has 1 saturated heterocycles. The zero-order valence-electron chi connectivity index (χ0n) is 12.4. The Morgan fingerprint density at radius 1 is 1.14 bits per heavy atom. The first-order chi connectivity index (χ1) is 10.1. The van der Waals surface area contributed by atoms with E-state index in [4.69, 9.17) is 0 Å². The van der Waals surface area contributed by atoms with E-state index in [0.29, 0.717) is 5.92 Å². The van der Waals surface area contributed by atoms with Gasteiger partial charge in [-0.15, -0.1) is 12.4 Å². The average molecular weight is 335 g/mol. The van der Waals surface area contributed by atoms with Crippen LogP contribution in [-0.4, -0.2) is 31.1 Å². The first kappa shape index (κ1) is 17.6. The number of piperazine rings is 1. The minimum atomic E-state index is -4.26. The van der Waals surface area contributed by atoms with E-state index in [-0.39, 0.29) is 18.4 Å². The van der Waals surface area contributed by atoms with Crippen molar-refractivity contribution in [1.29, 1.82) is 0 Å². The molecule has 1 aliphatic carbocycles. The van der Waals surface area contributed by atoms with E-state index in [1.165, 1.54) is 18.6 Å². The number of hydrogen-bond donors (Lipinski definition) is 1. The van der Waals surface area contributed by atoms with E-state index in [0.717, 1.165) is 44.6 Å². The lowest BCUT2D eigenvalue weighted by Crippen LogP contribution is -2.47. The molecule has 1 N–H and O–H groups in total. The number of nitrogens with zero attached hydrogens (tertiary/aromatic N) is 1. The molecule has 3 rings (SSSR count). The van der Waals surface area contributed by atoms with Crippen molar-refractivity contribution in [2.45, 2.75) is 31.5 Å². The molecule has 6 heteroatoms. The Balaban J connectivity index is 0.00000176. The van der Waals surface area contributed by atoms with Crippen LogP contribution in [0.4, 0.5) is 13.2 Å². The lowest BCUT2D eigenvalue weighted by Gasteiger charge is -2.43. The molecule has 1 aromatic rings. The zero-order chi connectivity index (χ0) is 14.9. The van der Waals surface area contributed by atoms with E-state index >= 15 is 0 Å². The Morgan fingerprint density at radius 2 is 1.82 bits per heavy atom. The Kier molecular flexibility index (Phi) is 5.75. The molecule has 1 aromatic carbocycles. The fourth-order valence-electron chi connectivity index (χ4n) is 3.40. The Labute approximate surface area is 135 Å². The number of rotatable bonds is 3. The first-order valence-corrected chi connectivity index (χ1v) is 7.67. The highest BCUT2D eigenvalue weighted by atomic mass is 35.5. The molecule has 1 aliphatic heterocycles. The lowest BCUT2D eigenvalue weighted by atomic mass is 9.76. The van der Waals surface area contributed by atoms with Crippen molar-refractivity contribution in [2.75, 3.05) is 26.2 Å². The predicted molar refractivity (Wildman–Crippen MR) is 83.2 cm³/mol. The summed E-state index contributed by atoms with van der Waals surface area (Å²) in [6.07, 6.45) is -0.800. The van der Waals surface area contributed by atoms with Crippen molar-refractivity contribution in [2.24, 2.45) is 5.92 Å². The highest BCUT2D eigenvalue weighted by Gasteiger charge is 2.36. The molecule has 2 aliphatic rings. The highest BCUT2D eigenvalue weighted by molar-refractivity contribution is 5.85. The van der Waals surface area contributed by atoms with Gasteiger partial charge in [0.15, 0.2) is 0 Å². The van der Waals surface area contributed by atoms with Crippen LogP contribution < -0.4 is 5.32 Å². The van der Waals surface area contributed by atoms with Gasteiger partial charge in [-0.25, -0.2) is 0 Å². The maximum atomic E-state index is 12.9. The molecule has 22 heavy (non-hydrogen) atoms. The molecule has 0 amide bonds. The quantitative estimate of drug-likeness (QED) is 0.902. The summed E-state index contributed by atoms with van der Waals surface area (Å²) in [4.78, 5) is 2.36. The molecule has 124 valence electrons. The Morgan fingerprint density at radius 3 is 2.36 bits per heavy atom. The van der Waals surface area contributed by atoms with Gasteiger partial charge in [0.1, 0.15) is 0 Å². The van der Waals surface area contributed by atoms with Crippen LogP contribution in [0.1, 0.15) is 36.4 Å². The number of nitrogens with one attached hydrogen (secondary N) is 1. The molecule has 1 saturated carbocycles. The summed E-state index contributed by atoms with van der Waals surface area (Å²) in [5, 5.41) is 3.31. The Hall–Kier alpha value is -0.780. The fourth-order valence-corrected chi connectivity index (χ4v) is 3.40. The SMILES string of the molecule is Cl.FC(F)(F)c1cccc([C@H](C2CCC2)N2CCNCC2)c1. The summed E-state index contributed by atoms with van der Waals surface area (Å²) >= 11 is 0. The van der Waals surface area contributed by atoms with Crippen LogP contribution in [0, 0.1) is 5.92 Å². The van der Waals surface area contributed by atoms with Gasteiger partial charge in [-0.1, -0.05) is 18.6 Å². The third-order valence-corrected chi connectivity index (χ3v) is 4.70. The fraction of sp³-hybridized carbons (Fsp3) is 0.625. The van der Waals surface area contributed by atoms with Crippen molar-refractivity contribution in [3.8, 4) is 0 Å². The highest BCUT2D eigenvalue weighted by Crippen LogP contribution is 2.42. The van der Waals surface area contributed by atoms with Crippen LogP contribution in [0.15, 0.2) is 24.3 Å². The minimum Gasteiger partial charge on any atom is -0.314 e. The molecule has 0 aromatic heterocycles. The molecule has 1 heterocycles. The zero-order valence-corrected chi connectivity index (χ0v) is 13.2. The van der Waals surface area contributed by atoms with Crippen LogP contribution in [-0.2, 0) is 6.18 Å². The van der Waals surface area contributed by atoms with E-state index in [1.54, 1.807) is 6.07 Å². The van der Waals surface area contributed by atoms with Crippen LogP contribution in [0.2, 0.25) is 0 Å².